The number of carbonyl (C=O) groups excluding carboxylic acids is 1. The fourth-order valence-corrected chi connectivity index (χ4v) is 2.70. The Labute approximate surface area is 133 Å². The van der Waals surface area contributed by atoms with Crippen LogP contribution in [-0.4, -0.2) is 17.6 Å². The molecule has 0 aliphatic heterocycles. The Hall–Kier alpha value is -2.88. The predicted molar refractivity (Wildman–Crippen MR) is 90.7 cm³/mol. The number of aryl methyl sites for hydroxylation is 1. The SMILES string of the molecule is CCOC(=O)c1[nH]c(=O)c2ccc(C)cc2c1-c1ccccc1. The number of hydrogen-bond acceptors (Lipinski definition) is 3. The van der Waals surface area contributed by atoms with Gasteiger partial charge in [-0.3, -0.25) is 4.79 Å². The third-order valence-corrected chi connectivity index (χ3v) is 3.72. The second kappa shape index (κ2) is 6.08. The second-order valence-electron chi connectivity index (χ2n) is 5.34. The van der Waals surface area contributed by atoms with Gasteiger partial charge in [0.15, 0.2) is 0 Å². The molecule has 4 nitrogen and oxygen atoms in total. The first-order valence-electron chi connectivity index (χ1n) is 7.51. The van der Waals surface area contributed by atoms with Crippen molar-refractivity contribution in [3.05, 3.63) is 70.1 Å². The zero-order chi connectivity index (χ0) is 16.4. The largest absolute Gasteiger partial charge is 0.461 e. The topological polar surface area (TPSA) is 59.2 Å². The molecule has 1 aromatic heterocycles. The molecule has 1 N–H and O–H groups in total. The number of benzene rings is 2. The van der Waals surface area contributed by atoms with Gasteiger partial charge in [-0.05, 0) is 30.9 Å². The number of rotatable bonds is 3. The Morgan fingerprint density at radius 2 is 1.83 bits per heavy atom. The van der Waals surface area contributed by atoms with E-state index >= 15 is 0 Å². The monoisotopic (exact) mass is 307 g/mol. The van der Waals surface area contributed by atoms with Crippen molar-refractivity contribution in [2.24, 2.45) is 0 Å². The van der Waals surface area contributed by atoms with Gasteiger partial charge in [0.1, 0.15) is 5.69 Å². The minimum atomic E-state index is -0.521. The molecule has 0 radical (unpaired) electrons. The number of aromatic nitrogens is 1. The van der Waals surface area contributed by atoms with E-state index in [2.05, 4.69) is 4.98 Å². The molecule has 3 aromatic rings. The molecular formula is C19H17NO3. The Kier molecular flexibility index (Phi) is 3.98. The number of pyridine rings is 1. The number of nitrogens with one attached hydrogen (secondary N) is 1. The van der Waals surface area contributed by atoms with Crippen molar-refractivity contribution in [3.8, 4) is 11.1 Å². The van der Waals surface area contributed by atoms with Crippen LogP contribution in [0.1, 0.15) is 23.0 Å². The van der Waals surface area contributed by atoms with Crippen LogP contribution in [0.15, 0.2) is 53.3 Å². The summed E-state index contributed by atoms with van der Waals surface area (Å²) in [6.45, 7) is 3.95. The van der Waals surface area contributed by atoms with Crippen molar-refractivity contribution < 1.29 is 9.53 Å². The van der Waals surface area contributed by atoms with Crippen molar-refractivity contribution in [2.75, 3.05) is 6.61 Å². The summed E-state index contributed by atoms with van der Waals surface area (Å²) in [6.07, 6.45) is 0. The summed E-state index contributed by atoms with van der Waals surface area (Å²) in [7, 11) is 0. The van der Waals surface area contributed by atoms with Gasteiger partial charge in [0.25, 0.3) is 5.56 Å². The van der Waals surface area contributed by atoms with Crippen molar-refractivity contribution in [3.63, 3.8) is 0 Å². The number of aromatic amines is 1. The van der Waals surface area contributed by atoms with Gasteiger partial charge in [0.2, 0.25) is 0 Å². The van der Waals surface area contributed by atoms with E-state index < -0.39 is 5.97 Å². The summed E-state index contributed by atoms with van der Waals surface area (Å²) >= 11 is 0. The highest BCUT2D eigenvalue weighted by atomic mass is 16.5. The molecule has 116 valence electrons. The molecular weight excluding hydrogens is 290 g/mol. The lowest BCUT2D eigenvalue weighted by Gasteiger charge is -2.13. The normalized spacial score (nSPS) is 10.7. The van der Waals surface area contributed by atoms with Gasteiger partial charge >= 0.3 is 5.97 Å². The lowest BCUT2D eigenvalue weighted by atomic mass is 9.96. The maximum Gasteiger partial charge on any atom is 0.355 e. The number of fused-ring (bicyclic) bond motifs is 1. The molecule has 1 heterocycles. The van der Waals surface area contributed by atoms with Gasteiger partial charge in [-0.2, -0.15) is 0 Å². The molecule has 2 aromatic carbocycles. The van der Waals surface area contributed by atoms with E-state index in [0.29, 0.717) is 10.9 Å². The first kappa shape index (κ1) is 15.0. The van der Waals surface area contributed by atoms with Crippen LogP contribution >= 0.6 is 0 Å². The lowest BCUT2D eigenvalue weighted by Crippen LogP contribution is -2.17. The van der Waals surface area contributed by atoms with Crippen LogP contribution in [-0.2, 0) is 4.74 Å². The van der Waals surface area contributed by atoms with Crippen molar-refractivity contribution in [1.82, 2.24) is 4.98 Å². The third kappa shape index (κ3) is 2.75. The van der Waals surface area contributed by atoms with Gasteiger partial charge in [0, 0.05) is 10.9 Å². The molecule has 0 atom stereocenters. The van der Waals surface area contributed by atoms with Crippen molar-refractivity contribution in [2.45, 2.75) is 13.8 Å². The van der Waals surface area contributed by atoms with Crippen LogP contribution in [0.2, 0.25) is 0 Å². The predicted octanol–water partition coefficient (Wildman–Crippen LogP) is 3.68. The van der Waals surface area contributed by atoms with Gasteiger partial charge in [-0.1, -0.05) is 48.0 Å². The summed E-state index contributed by atoms with van der Waals surface area (Å²) in [6, 6.07) is 15.1. The minimum Gasteiger partial charge on any atom is -0.461 e. The van der Waals surface area contributed by atoms with E-state index in [0.717, 1.165) is 16.5 Å². The summed E-state index contributed by atoms with van der Waals surface area (Å²) in [4.78, 5) is 27.4. The molecule has 3 rings (SSSR count). The van der Waals surface area contributed by atoms with E-state index in [1.165, 1.54) is 0 Å². The van der Waals surface area contributed by atoms with Crippen LogP contribution in [0.5, 0.6) is 0 Å². The van der Waals surface area contributed by atoms with E-state index in [-0.39, 0.29) is 17.9 Å². The fraction of sp³-hybridized carbons (Fsp3) is 0.158. The highest BCUT2D eigenvalue weighted by Crippen LogP contribution is 2.30. The molecule has 0 unspecified atom stereocenters. The average Bonchev–Trinajstić information content (AvgIpc) is 2.55. The van der Waals surface area contributed by atoms with E-state index in [9.17, 15) is 9.59 Å². The van der Waals surface area contributed by atoms with E-state index in [1.54, 1.807) is 13.0 Å². The number of H-pyrrole nitrogens is 1. The minimum absolute atomic E-state index is 0.196. The molecule has 0 saturated heterocycles. The summed E-state index contributed by atoms with van der Waals surface area (Å²) in [5.74, 6) is -0.521. The van der Waals surface area contributed by atoms with Crippen LogP contribution in [0.25, 0.3) is 21.9 Å². The van der Waals surface area contributed by atoms with Crippen LogP contribution in [0.4, 0.5) is 0 Å². The maximum absolute atomic E-state index is 12.3. The summed E-state index contributed by atoms with van der Waals surface area (Å²) in [5, 5.41) is 1.31. The molecule has 0 amide bonds. The zero-order valence-corrected chi connectivity index (χ0v) is 13.1. The summed E-state index contributed by atoms with van der Waals surface area (Å²) in [5.41, 5.74) is 2.49. The van der Waals surface area contributed by atoms with Crippen molar-refractivity contribution >= 4 is 16.7 Å². The quantitative estimate of drug-likeness (QED) is 0.751. The molecule has 0 aliphatic carbocycles. The van der Waals surface area contributed by atoms with Crippen LogP contribution < -0.4 is 5.56 Å². The van der Waals surface area contributed by atoms with Crippen LogP contribution in [0, 0.1) is 6.92 Å². The number of hydrogen-bond donors (Lipinski definition) is 1. The number of carbonyl (C=O) groups is 1. The zero-order valence-electron chi connectivity index (χ0n) is 13.1. The first-order valence-corrected chi connectivity index (χ1v) is 7.51. The molecule has 0 bridgehead atoms. The average molecular weight is 307 g/mol. The molecule has 23 heavy (non-hydrogen) atoms. The van der Waals surface area contributed by atoms with Gasteiger partial charge in [-0.25, -0.2) is 4.79 Å². The summed E-state index contributed by atoms with van der Waals surface area (Å²) < 4.78 is 5.12. The molecule has 4 heteroatoms. The smallest absolute Gasteiger partial charge is 0.355 e. The Bertz CT molecular complexity index is 926. The molecule has 0 aliphatic rings. The highest BCUT2D eigenvalue weighted by Gasteiger charge is 2.19. The fourth-order valence-electron chi connectivity index (χ4n) is 2.70. The Morgan fingerprint density at radius 3 is 2.52 bits per heavy atom. The standard InChI is InChI=1S/C19H17NO3/c1-3-23-19(22)17-16(13-7-5-4-6-8-13)15-11-12(2)9-10-14(15)18(21)20-17/h4-11H,3H2,1-2H3,(H,20,21). The van der Waals surface area contributed by atoms with Gasteiger partial charge in [-0.15, -0.1) is 0 Å². The maximum atomic E-state index is 12.3. The van der Waals surface area contributed by atoms with Gasteiger partial charge < -0.3 is 9.72 Å². The van der Waals surface area contributed by atoms with Gasteiger partial charge in [0.05, 0.1) is 6.61 Å². The Morgan fingerprint density at radius 1 is 1.09 bits per heavy atom. The van der Waals surface area contributed by atoms with Crippen LogP contribution in [0.3, 0.4) is 0 Å². The van der Waals surface area contributed by atoms with Crippen molar-refractivity contribution in [1.29, 1.82) is 0 Å². The molecule has 0 spiro atoms. The Balaban J connectivity index is 2.42. The van der Waals surface area contributed by atoms with E-state index in [4.69, 9.17) is 4.74 Å². The first-order chi connectivity index (χ1) is 11.1. The number of esters is 1. The second-order valence-corrected chi connectivity index (χ2v) is 5.34. The third-order valence-electron chi connectivity index (χ3n) is 3.72. The lowest BCUT2D eigenvalue weighted by molar-refractivity contribution is 0.0520. The van der Waals surface area contributed by atoms with E-state index in [1.807, 2.05) is 49.4 Å². The molecule has 0 fully saturated rings. The highest BCUT2D eigenvalue weighted by molar-refractivity contribution is 6.06. The number of ether oxygens (including phenoxy) is 1. The molecule has 0 saturated carbocycles.